The molecule has 4 rings (SSSR count). The molecular weight excluding hydrogens is 609 g/mol. The molecule has 0 N–H and O–H groups in total. The van der Waals surface area contributed by atoms with Crippen LogP contribution in [0.15, 0.2) is 59.3 Å². The van der Waals surface area contributed by atoms with Gasteiger partial charge in [0.25, 0.3) is 0 Å². The van der Waals surface area contributed by atoms with E-state index < -0.39 is 0 Å². The van der Waals surface area contributed by atoms with Gasteiger partial charge in [-0.1, -0.05) is 121 Å². The van der Waals surface area contributed by atoms with E-state index in [1.165, 1.54) is 89.0 Å². The number of unbranched alkanes of at least 4 members (excludes halogenated alkanes) is 5. The predicted molar refractivity (Wildman–Crippen MR) is 216 cm³/mol. The van der Waals surface area contributed by atoms with E-state index >= 15 is 0 Å². The van der Waals surface area contributed by atoms with Crippen LogP contribution < -0.4 is 0 Å². The van der Waals surface area contributed by atoms with Crippen LogP contribution in [0.3, 0.4) is 0 Å². The van der Waals surface area contributed by atoms with Crippen LogP contribution in [0.2, 0.25) is 0 Å². The fourth-order valence-electron chi connectivity index (χ4n) is 11.7. The zero-order chi connectivity index (χ0) is 36.4. The van der Waals surface area contributed by atoms with Crippen LogP contribution in [0.1, 0.15) is 191 Å². The van der Waals surface area contributed by atoms with Crippen molar-refractivity contribution in [3.8, 4) is 0 Å². The van der Waals surface area contributed by atoms with Crippen molar-refractivity contribution >= 4 is 5.97 Å². The Morgan fingerprint density at radius 1 is 0.780 bits per heavy atom. The summed E-state index contributed by atoms with van der Waals surface area (Å²) in [6.07, 6.45) is 39.5. The van der Waals surface area contributed by atoms with Crippen LogP contribution in [-0.2, 0) is 9.53 Å². The highest BCUT2D eigenvalue weighted by atomic mass is 16.5. The Kier molecular flexibility index (Phi) is 15.0. The van der Waals surface area contributed by atoms with Crippen molar-refractivity contribution in [2.75, 3.05) is 0 Å². The second-order valence-corrected chi connectivity index (χ2v) is 18.7. The second-order valence-electron chi connectivity index (χ2n) is 18.7. The smallest absolute Gasteiger partial charge is 0.306 e. The van der Waals surface area contributed by atoms with Gasteiger partial charge in [0.2, 0.25) is 0 Å². The van der Waals surface area contributed by atoms with E-state index in [2.05, 4.69) is 105 Å². The van der Waals surface area contributed by atoms with Crippen LogP contribution in [0, 0.1) is 39.4 Å². The number of esters is 1. The number of carbonyl (C=O) groups excluding carboxylic acids is 1. The highest BCUT2D eigenvalue weighted by molar-refractivity contribution is 5.69. The third-order valence-corrected chi connectivity index (χ3v) is 14.9. The number of rotatable bonds is 18. The van der Waals surface area contributed by atoms with Crippen molar-refractivity contribution < 1.29 is 9.53 Å². The normalized spacial score (nSPS) is 32.7. The lowest BCUT2D eigenvalue weighted by atomic mass is 9.43. The third-order valence-electron chi connectivity index (χ3n) is 14.9. The van der Waals surface area contributed by atoms with Crippen LogP contribution in [0.5, 0.6) is 0 Å². The maximum atomic E-state index is 13.1. The maximum Gasteiger partial charge on any atom is 0.306 e. The molecular formula is C48H78O2. The van der Waals surface area contributed by atoms with Gasteiger partial charge in [0.05, 0.1) is 0 Å². The zero-order valence-electron chi connectivity index (χ0n) is 34.3. The fourth-order valence-corrected chi connectivity index (χ4v) is 11.7. The van der Waals surface area contributed by atoms with Crippen molar-refractivity contribution in [1.82, 2.24) is 0 Å². The first kappa shape index (κ1) is 40.9. The molecule has 0 saturated heterocycles. The van der Waals surface area contributed by atoms with Crippen molar-refractivity contribution in [1.29, 1.82) is 0 Å². The molecule has 2 saturated carbocycles. The molecule has 2 nitrogen and oxygen atoms in total. The van der Waals surface area contributed by atoms with E-state index in [9.17, 15) is 4.79 Å². The molecule has 0 bridgehead atoms. The van der Waals surface area contributed by atoms with E-state index in [1.807, 2.05) is 11.1 Å². The summed E-state index contributed by atoms with van der Waals surface area (Å²) in [6, 6.07) is 0. The highest BCUT2D eigenvalue weighted by Crippen LogP contribution is 2.72. The van der Waals surface area contributed by atoms with Crippen LogP contribution in [-0.4, -0.2) is 12.1 Å². The van der Waals surface area contributed by atoms with Crippen LogP contribution >= 0.6 is 0 Å². The molecule has 0 radical (unpaired) electrons. The Hall–Kier alpha value is -1.83. The van der Waals surface area contributed by atoms with Gasteiger partial charge in [-0.25, -0.2) is 0 Å². The molecule has 4 aliphatic rings. The van der Waals surface area contributed by atoms with Crippen molar-refractivity contribution in [3.05, 3.63) is 59.3 Å². The van der Waals surface area contributed by atoms with Gasteiger partial charge >= 0.3 is 5.97 Å². The largest absolute Gasteiger partial charge is 0.462 e. The quantitative estimate of drug-likeness (QED) is 0.0815. The topological polar surface area (TPSA) is 26.3 Å². The number of fused-ring (bicyclic) bond motifs is 4. The van der Waals surface area contributed by atoms with Crippen molar-refractivity contribution in [2.45, 2.75) is 197 Å². The van der Waals surface area contributed by atoms with Crippen LogP contribution in [0.25, 0.3) is 0 Å². The molecule has 50 heavy (non-hydrogen) atoms. The number of hydrogen-bond donors (Lipinski definition) is 0. The Bertz CT molecular complexity index is 1250. The van der Waals surface area contributed by atoms with Crippen LogP contribution in [0.4, 0.5) is 0 Å². The molecule has 0 heterocycles. The van der Waals surface area contributed by atoms with E-state index in [0.29, 0.717) is 23.2 Å². The molecule has 2 heteroatoms. The van der Waals surface area contributed by atoms with Gasteiger partial charge < -0.3 is 4.74 Å². The standard InChI is InChI=1S/C48H78O2/c1-10-11-12-13-14-15-16-17-18-19-20-21-22-23-24-28-44(49)50-43-33-34-46(7)40-32-36-47(8)39(38(4)27-25-26-37(2)3)31-35-48(47,9)41(40)29-30-42(46)45(43,5)6/h14-15,17-18,20-21,26,38-39,42-43H,10-13,16,19,22-25,27-36H2,1-9H3/t38-,39-,42?,43?,46-,47+,48+/m1/s1. The van der Waals surface area contributed by atoms with Crippen molar-refractivity contribution in [2.24, 2.45) is 39.4 Å². The van der Waals surface area contributed by atoms with E-state index in [-0.39, 0.29) is 22.9 Å². The van der Waals surface area contributed by atoms with Gasteiger partial charge in [-0.15, -0.1) is 0 Å². The molecule has 0 aromatic heterocycles. The summed E-state index contributed by atoms with van der Waals surface area (Å²) < 4.78 is 6.36. The Labute approximate surface area is 310 Å². The summed E-state index contributed by atoms with van der Waals surface area (Å²) in [6.45, 7) is 22.1. The number of ether oxygens (including phenoxy) is 1. The Balaban J connectivity index is 1.25. The average molecular weight is 687 g/mol. The number of allylic oxidation sites excluding steroid dienone is 10. The Morgan fingerprint density at radius 2 is 1.44 bits per heavy atom. The first-order chi connectivity index (χ1) is 23.8. The molecule has 0 spiro atoms. The summed E-state index contributed by atoms with van der Waals surface area (Å²) >= 11 is 0. The van der Waals surface area contributed by atoms with Gasteiger partial charge in [-0.2, -0.15) is 0 Å². The second kappa shape index (κ2) is 18.3. The van der Waals surface area contributed by atoms with Gasteiger partial charge in [-0.3, -0.25) is 4.79 Å². The summed E-state index contributed by atoms with van der Waals surface area (Å²) in [7, 11) is 0. The third kappa shape index (κ3) is 9.20. The maximum absolute atomic E-state index is 13.1. The Morgan fingerprint density at radius 3 is 2.10 bits per heavy atom. The van der Waals surface area contributed by atoms with Gasteiger partial charge in [0, 0.05) is 11.8 Å². The first-order valence-corrected chi connectivity index (χ1v) is 21.3. The minimum atomic E-state index is 0.00158. The first-order valence-electron chi connectivity index (χ1n) is 21.3. The molecule has 0 amide bonds. The predicted octanol–water partition coefficient (Wildman–Crippen LogP) is 14.6. The summed E-state index contributed by atoms with van der Waals surface area (Å²) in [5.41, 5.74) is 6.16. The molecule has 0 aliphatic heterocycles. The highest BCUT2D eigenvalue weighted by Gasteiger charge is 2.63. The molecule has 0 aromatic carbocycles. The average Bonchev–Trinajstić information content (AvgIpc) is 3.35. The lowest BCUT2D eigenvalue weighted by Gasteiger charge is -2.62. The molecule has 2 unspecified atom stereocenters. The van der Waals surface area contributed by atoms with E-state index in [4.69, 9.17) is 4.74 Å². The van der Waals surface area contributed by atoms with Gasteiger partial charge in [0.15, 0.2) is 0 Å². The number of hydrogen-bond acceptors (Lipinski definition) is 2. The van der Waals surface area contributed by atoms with E-state index in [1.54, 1.807) is 0 Å². The molecule has 282 valence electrons. The molecule has 7 atom stereocenters. The van der Waals surface area contributed by atoms with Gasteiger partial charge in [0.1, 0.15) is 6.10 Å². The lowest BCUT2D eigenvalue weighted by Crippen LogP contribution is -2.55. The monoisotopic (exact) mass is 687 g/mol. The minimum absolute atomic E-state index is 0.00158. The molecule has 0 aromatic rings. The summed E-state index contributed by atoms with van der Waals surface area (Å²) in [5, 5.41) is 0. The number of carbonyl (C=O) groups is 1. The summed E-state index contributed by atoms with van der Waals surface area (Å²) in [5.74, 6) is 2.22. The summed E-state index contributed by atoms with van der Waals surface area (Å²) in [4.78, 5) is 13.1. The van der Waals surface area contributed by atoms with E-state index in [0.717, 1.165) is 50.4 Å². The molecule has 2 fully saturated rings. The van der Waals surface area contributed by atoms with Gasteiger partial charge in [-0.05, 0) is 157 Å². The SMILES string of the molecule is CCCCCC=CCC=CCC=CCCCCC(=O)OC1CC[C@]2(C)C3=C(CCC2C1(C)C)[C@]1(C)CC[C@H]([C@H](C)CCC=C(C)C)[C@]1(C)CC3. The fraction of sp³-hybridized carbons (Fsp3) is 0.771. The molecule has 4 aliphatic carbocycles. The lowest BCUT2D eigenvalue weighted by molar-refractivity contribution is -0.169. The van der Waals surface area contributed by atoms with Crippen molar-refractivity contribution in [3.63, 3.8) is 0 Å². The zero-order valence-corrected chi connectivity index (χ0v) is 34.3. The minimum Gasteiger partial charge on any atom is -0.462 e.